The third-order valence-corrected chi connectivity index (χ3v) is 3.62. The number of rotatable bonds is 2. The Hall–Kier alpha value is -1.06. The standard InChI is InChI=1S/C11H9ClO2S/c1-6(13)11-10(14-2)8-5-7(12)3-4-9(8)15-11/h3-5H,1-2H3. The topological polar surface area (TPSA) is 26.3 Å². The van der Waals surface area contributed by atoms with Crippen LogP contribution in [0, 0.1) is 0 Å². The zero-order valence-electron chi connectivity index (χ0n) is 8.33. The number of fused-ring (bicyclic) bond motifs is 1. The molecule has 2 nitrogen and oxygen atoms in total. The number of ether oxygens (including phenoxy) is 1. The molecule has 0 saturated heterocycles. The molecule has 0 unspecified atom stereocenters. The highest BCUT2D eigenvalue weighted by atomic mass is 35.5. The molecule has 1 aromatic heterocycles. The SMILES string of the molecule is COc1c(C(C)=O)sc2ccc(Cl)cc12. The van der Waals surface area contributed by atoms with Crippen LogP contribution in [0.5, 0.6) is 5.75 Å². The summed E-state index contributed by atoms with van der Waals surface area (Å²) in [5.41, 5.74) is 0. The van der Waals surface area contributed by atoms with Gasteiger partial charge in [0.15, 0.2) is 5.78 Å². The van der Waals surface area contributed by atoms with Crippen molar-refractivity contribution in [1.29, 1.82) is 0 Å². The van der Waals surface area contributed by atoms with Crippen molar-refractivity contribution in [2.75, 3.05) is 7.11 Å². The third kappa shape index (κ3) is 1.73. The van der Waals surface area contributed by atoms with Gasteiger partial charge in [0, 0.05) is 22.0 Å². The molecule has 0 aliphatic rings. The Balaban J connectivity index is 2.79. The molecule has 0 aliphatic carbocycles. The fourth-order valence-electron chi connectivity index (χ4n) is 1.48. The molecule has 2 rings (SSSR count). The lowest BCUT2D eigenvalue weighted by molar-refractivity contribution is 0.101. The first kappa shape index (κ1) is 10.5. The summed E-state index contributed by atoms with van der Waals surface area (Å²) in [5.74, 6) is 0.647. The number of thiophene rings is 1. The summed E-state index contributed by atoms with van der Waals surface area (Å²) < 4.78 is 6.26. The van der Waals surface area contributed by atoms with Crippen LogP contribution in [-0.2, 0) is 0 Å². The van der Waals surface area contributed by atoms with Crippen molar-refractivity contribution in [3.05, 3.63) is 28.1 Å². The lowest BCUT2D eigenvalue weighted by Crippen LogP contribution is -1.91. The molecule has 1 aromatic carbocycles. The summed E-state index contributed by atoms with van der Waals surface area (Å²) in [4.78, 5) is 12.0. The fourth-order valence-corrected chi connectivity index (χ4v) is 2.70. The van der Waals surface area contributed by atoms with Crippen LogP contribution >= 0.6 is 22.9 Å². The van der Waals surface area contributed by atoms with E-state index in [1.807, 2.05) is 18.2 Å². The molecule has 4 heteroatoms. The fraction of sp³-hybridized carbons (Fsp3) is 0.182. The van der Waals surface area contributed by atoms with Crippen LogP contribution in [0.2, 0.25) is 5.02 Å². The first-order valence-corrected chi connectivity index (χ1v) is 5.60. The van der Waals surface area contributed by atoms with Crippen molar-refractivity contribution in [2.45, 2.75) is 6.92 Å². The summed E-state index contributed by atoms with van der Waals surface area (Å²) in [5, 5.41) is 1.55. The van der Waals surface area contributed by atoms with E-state index in [2.05, 4.69) is 0 Å². The number of carbonyl (C=O) groups is 1. The van der Waals surface area contributed by atoms with E-state index in [0.29, 0.717) is 15.6 Å². The van der Waals surface area contributed by atoms with Crippen molar-refractivity contribution in [3.63, 3.8) is 0 Å². The lowest BCUT2D eigenvalue weighted by atomic mass is 10.2. The Kier molecular flexibility index (Phi) is 2.67. The highest BCUT2D eigenvalue weighted by Gasteiger charge is 2.16. The van der Waals surface area contributed by atoms with Crippen molar-refractivity contribution in [3.8, 4) is 5.75 Å². The Morgan fingerprint density at radius 2 is 2.20 bits per heavy atom. The Morgan fingerprint density at radius 3 is 2.80 bits per heavy atom. The number of hydrogen-bond acceptors (Lipinski definition) is 3. The molecule has 0 spiro atoms. The van der Waals surface area contributed by atoms with Crippen LogP contribution in [0.3, 0.4) is 0 Å². The summed E-state index contributed by atoms with van der Waals surface area (Å²) >= 11 is 7.33. The molecule has 0 bridgehead atoms. The molecule has 0 N–H and O–H groups in total. The van der Waals surface area contributed by atoms with Gasteiger partial charge in [-0.3, -0.25) is 4.79 Å². The maximum absolute atomic E-state index is 11.4. The van der Waals surface area contributed by atoms with E-state index in [1.54, 1.807) is 7.11 Å². The second kappa shape index (κ2) is 3.83. The highest BCUT2D eigenvalue weighted by Crippen LogP contribution is 2.38. The van der Waals surface area contributed by atoms with Crippen LogP contribution in [0.15, 0.2) is 18.2 Å². The average molecular weight is 241 g/mol. The van der Waals surface area contributed by atoms with Gasteiger partial charge in [0.1, 0.15) is 10.6 Å². The van der Waals surface area contributed by atoms with Crippen molar-refractivity contribution in [2.24, 2.45) is 0 Å². The van der Waals surface area contributed by atoms with E-state index < -0.39 is 0 Å². The van der Waals surface area contributed by atoms with Gasteiger partial charge in [0.25, 0.3) is 0 Å². The summed E-state index contributed by atoms with van der Waals surface area (Å²) in [6.45, 7) is 1.54. The predicted octanol–water partition coefficient (Wildman–Crippen LogP) is 3.77. The van der Waals surface area contributed by atoms with Gasteiger partial charge in [-0.05, 0) is 18.2 Å². The summed E-state index contributed by atoms with van der Waals surface area (Å²) in [6, 6.07) is 5.53. The van der Waals surface area contributed by atoms with Crippen LogP contribution in [0.25, 0.3) is 10.1 Å². The molecule has 0 amide bonds. The molecular weight excluding hydrogens is 232 g/mol. The van der Waals surface area contributed by atoms with E-state index in [1.165, 1.54) is 18.3 Å². The van der Waals surface area contributed by atoms with E-state index in [4.69, 9.17) is 16.3 Å². The molecule has 0 aliphatic heterocycles. The van der Waals surface area contributed by atoms with Crippen molar-refractivity contribution < 1.29 is 9.53 Å². The zero-order chi connectivity index (χ0) is 11.0. The molecule has 1 heterocycles. The second-order valence-corrected chi connectivity index (χ2v) is 4.65. The van der Waals surface area contributed by atoms with E-state index in [0.717, 1.165) is 10.1 Å². The van der Waals surface area contributed by atoms with Crippen LogP contribution in [-0.4, -0.2) is 12.9 Å². The number of benzene rings is 1. The minimum Gasteiger partial charge on any atom is -0.494 e. The van der Waals surface area contributed by atoms with Crippen LogP contribution < -0.4 is 4.74 Å². The molecule has 0 atom stereocenters. The van der Waals surface area contributed by atoms with Crippen LogP contribution in [0.1, 0.15) is 16.6 Å². The summed E-state index contributed by atoms with van der Waals surface area (Å²) in [7, 11) is 1.56. The monoisotopic (exact) mass is 240 g/mol. The van der Waals surface area contributed by atoms with Gasteiger partial charge in [-0.1, -0.05) is 11.6 Å². The Bertz CT molecular complexity index is 531. The van der Waals surface area contributed by atoms with Gasteiger partial charge in [0.05, 0.1) is 7.11 Å². The molecule has 2 aromatic rings. The number of ketones is 1. The Morgan fingerprint density at radius 1 is 1.47 bits per heavy atom. The molecule has 0 fully saturated rings. The molecule has 0 saturated carbocycles. The molecule has 15 heavy (non-hydrogen) atoms. The smallest absolute Gasteiger partial charge is 0.173 e. The van der Waals surface area contributed by atoms with Gasteiger partial charge >= 0.3 is 0 Å². The average Bonchev–Trinajstić information content (AvgIpc) is 2.55. The first-order valence-electron chi connectivity index (χ1n) is 4.40. The minimum absolute atomic E-state index is 0.0178. The molecular formula is C11H9ClO2S. The number of hydrogen-bond donors (Lipinski definition) is 0. The van der Waals surface area contributed by atoms with Gasteiger partial charge in [-0.25, -0.2) is 0 Å². The molecule has 78 valence electrons. The van der Waals surface area contributed by atoms with E-state index in [9.17, 15) is 4.79 Å². The van der Waals surface area contributed by atoms with Crippen molar-refractivity contribution in [1.82, 2.24) is 0 Å². The number of halogens is 1. The van der Waals surface area contributed by atoms with Gasteiger partial charge < -0.3 is 4.74 Å². The maximum atomic E-state index is 11.4. The number of carbonyl (C=O) groups excluding carboxylic acids is 1. The number of Topliss-reactive ketones (excluding diaryl/α,β-unsaturated/α-hetero) is 1. The van der Waals surface area contributed by atoms with Gasteiger partial charge in [-0.2, -0.15) is 0 Å². The lowest BCUT2D eigenvalue weighted by Gasteiger charge is -1.99. The first-order chi connectivity index (χ1) is 7.13. The largest absolute Gasteiger partial charge is 0.494 e. The predicted molar refractivity (Wildman–Crippen MR) is 63.4 cm³/mol. The van der Waals surface area contributed by atoms with Crippen LogP contribution in [0.4, 0.5) is 0 Å². The van der Waals surface area contributed by atoms with E-state index in [-0.39, 0.29) is 5.78 Å². The van der Waals surface area contributed by atoms with E-state index >= 15 is 0 Å². The molecule has 0 radical (unpaired) electrons. The third-order valence-electron chi connectivity index (χ3n) is 2.13. The quantitative estimate of drug-likeness (QED) is 0.747. The summed E-state index contributed by atoms with van der Waals surface area (Å²) in [6.07, 6.45) is 0. The second-order valence-electron chi connectivity index (χ2n) is 3.16. The highest BCUT2D eigenvalue weighted by molar-refractivity contribution is 7.21. The number of methoxy groups -OCH3 is 1. The van der Waals surface area contributed by atoms with Gasteiger partial charge in [-0.15, -0.1) is 11.3 Å². The van der Waals surface area contributed by atoms with Gasteiger partial charge in [0.2, 0.25) is 0 Å². The minimum atomic E-state index is 0.0178. The zero-order valence-corrected chi connectivity index (χ0v) is 9.91. The Labute approximate surface area is 96.4 Å². The van der Waals surface area contributed by atoms with Crippen molar-refractivity contribution >= 4 is 38.8 Å². The normalized spacial score (nSPS) is 10.6. The maximum Gasteiger partial charge on any atom is 0.173 e.